The van der Waals surface area contributed by atoms with E-state index in [1.54, 1.807) is 0 Å². The molecule has 1 heteroatoms. The molecule has 5 atom stereocenters. The molecular weight excluding hydrogens is 328 g/mol. The first-order chi connectivity index (χ1) is 12.9. The Balaban J connectivity index is 1.38. The van der Waals surface area contributed by atoms with Crippen molar-refractivity contribution in [2.24, 2.45) is 52.8 Å². The van der Waals surface area contributed by atoms with Crippen molar-refractivity contribution in [3.63, 3.8) is 0 Å². The zero-order chi connectivity index (χ0) is 18.4. The zero-order valence-corrected chi connectivity index (χ0v) is 17.8. The number of hydrogen-bond donors (Lipinski definition) is 0. The first kappa shape index (κ1) is 17.5. The van der Waals surface area contributed by atoms with Crippen LogP contribution >= 0.6 is 0 Å². The largest absolute Gasteiger partial charge is 0.366 e. The predicted octanol–water partition coefficient (Wildman–Crippen LogP) is 6.62. The Bertz CT molecular complexity index is 597. The van der Waals surface area contributed by atoms with Crippen LogP contribution in [0.2, 0.25) is 0 Å². The average molecular weight is 369 g/mol. The van der Waals surface area contributed by atoms with E-state index in [0.29, 0.717) is 17.4 Å². The Hall–Kier alpha value is -0.300. The maximum Gasteiger partial charge on any atom is 0.0923 e. The lowest BCUT2D eigenvalue weighted by molar-refractivity contribution is -0.244. The fourth-order valence-corrected chi connectivity index (χ4v) is 9.22. The van der Waals surface area contributed by atoms with E-state index >= 15 is 0 Å². The Morgan fingerprint density at radius 1 is 0.852 bits per heavy atom. The van der Waals surface area contributed by atoms with Crippen LogP contribution in [0.25, 0.3) is 0 Å². The summed E-state index contributed by atoms with van der Waals surface area (Å²) in [6.45, 7) is 7.46. The maximum absolute atomic E-state index is 7.46. The first-order valence-corrected chi connectivity index (χ1v) is 12.3. The van der Waals surface area contributed by atoms with Gasteiger partial charge in [-0.15, -0.1) is 0 Å². The highest BCUT2D eigenvalue weighted by molar-refractivity contribution is 5.23. The van der Waals surface area contributed by atoms with E-state index in [1.165, 1.54) is 64.2 Å². The summed E-state index contributed by atoms with van der Waals surface area (Å²) in [5.74, 6) is 6.99. The molecule has 6 fully saturated rings. The smallest absolute Gasteiger partial charge is 0.0923 e. The minimum atomic E-state index is 0.135. The highest BCUT2D eigenvalue weighted by atomic mass is 16.5. The predicted molar refractivity (Wildman–Crippen MR) is 110 cm³/mol. The molecule has 7 aliphatic rings. The van der Waals surface area contributed by atoms with Crippen LogP contribution in [-0.2, 0) is 4.74 Å². The highest BCUT2D eigenvalue weighted by Crippen LogP contribution is 2.63. The standard InChI is InChI=1S/C26H40O/c1-25(2,3)23-15-18-6-4-5-7-21(18)24-22(23)8-9-26(27-24)19-11-16-10-17(13-19)14-20(26)12-16/h8-9,16-24H,4-7,10-15H2,1-3H3. The lowest BCUT2D eigenvalue weighted by Crippen LogP contribution is -2.63. The Kier molecular flexibility index (Phi) is 3.81. The number of fused-ring (bicyclic) bond motifs is 3. The average Bonchev–Trinajstić information content (AvgIpc) is 2.64. The molecule has 6 saturated carbocycles. The van der Waals surface area contributed by atoms with Gasteiger partial charge in [0, 0.05) is 5.92 Å². The van der Waals surface area contributed by atoms with E-state index in [0.717, 1.165) is 41.4 Å². The Morgan fingerprint density at radius 2 is 1.52 bits per heavy atom. The van der Waals surface area contributed by atoms with Crippen molar-refractivity contribution in [1.82, 2.24) is 0 Å². The van der Waals surface area contributed by atoms with Crippen molar-refractivity contribution in [1.29, 1.82) is 0 Å². The van der Waals surface area contributed by atoms with Crippen LogP contribution in [-0.4, -0.2) is 11.7 Å². The van der Waals surface area contributed by atoms with Gasteiger partial charge in [0.1, 0.15) is 0 Å². The van der Waals surface area contributed by atoms with Gasteiger partial charge in [0.05, 0.1) is 11.7 Å². The lowest BCUT2D eigenvalue weighted by atomic mass is 9.48. The van der Waals surface area contributed by atoms with Crippen molar-refractivity contribution >= 4 is 0 Å². The van der Waals surface area contributed by atoms with Crippen LogP contribution in [0.3, 0.4) is 0 Å². The summed E-state index contributed by atoms with van der Waals surface area (Å²) in [6, 6.07) is 0. The quantitative estimate of drug-likeness (QED) is 0.436. The summed E-state index contributed by atoms with van der Waals surface area (Å²) in [4.78, 5) is 0. The number of hydrogen-bond acceptors (Lipinski definition) is 1. The Labute approximate surface area is 166 Å². The van der Waals surface area contributed by atoms with Gasteiger partial charge in [-0.05, 0) is 91.8 Å². The molecule has 0 amide bonds. The van der Waals surface area contributed by atoms with Gasteiger partial charge in [0.2, 0.25) is 0 Å². The molecule has 1 nitrogen and oxygen atoms in total. The van der Waals surface area contributed by atoms with Crippen LogP contribution in [0.1, 0.15) is 85.0 Å². The molecule has 0 aromatic rings. The molecule has 0 aromatic carbocycles. The molecular formula is C26H40O. The van der Waals surface area contributed by atoms with Gasteiger partial charge in [-0.1, -0.05) is 52.2 Å². The van der Waals surface area contributed by atoms with Crippen LogP contribution in [0.5, 0.6) is 0 Å². The van der Waals surface area contributed by atoms with E-state index in [4.69, 9.17) is 4.74 Å². The number of ether oxygens (including phenoxy) is 1. The Morgan fingerprint density at radius 3 is 2.19 bits per heavy atom. The molecule has 0 saturated heterocycles. The van der Waals surface area contributed by atoms with Gasteiger partial charge in [-0.25, -0.2) is 0 Å². The topological polar surface area (TPSA) is 9.23 Å². The van der Waals surface area contributed by atoms with Crippen LogP contribution < -0.4 is 0 Å². The molecule has 6 aliphatic carbocycles. The minimum absolute atomic E-state index is 0.135. The summed E-state index contributed by atoms with van der Waals surface area (Å²) < 4.78 is 7.46. The summed E-state index contributed by atoms with van der Waals surface area (Å²) in [5.41, 5.74) is 0.532. The van der Waals surface area contributed by atoms with Crippen molar-refractivity contribution < 1.29 is 4.74 Å². The third-order valence-corrected chi connectivity index (χ3v) is 10.2. The normalized spacial score (nSPS) is 56.2. The third-order valence-electron chi connectivity index (χ3n) is 10.2. The van der Waals surface area contributed by atoms with Gasteiger partial charge in [-0.2, -0.15) is 0 Å². The lowest BCUT2D eigenvalue weighted by Gasteiger charge is -2.64. The molecule has 4 bridgehead atoms. The molecule has 27 heavy (non-hydrogen) atoms. The molecule has 1 spiro atoms. The van der Waals surface area contributed by atoms with Gasteiger partial charge in [0.15, 0.2) is 0 Å². The molecule has 0 aromatic heterocycles. The molecule has 1 aliphatic heterocycles. The van der Waals surface area contributed by atoms with Crippen LogP contribution in [0.4, 0.5) is 0 Å². The van der Waals surface area contributed by atoms with E-state index in [9.17, 15) is 0 Å². The molecule has 7 rings (SSSR count). The van der Waals surface area contributed by atoms with Crippen molar-refractivity contribution in [2.45, 2.75) is 96.7 Å². The summed E-state index contributed by atoms with van der Waals surface area (Å²) in [6.07, 6.45) is 20.6. The molecule has 0 N–H and O–H groups in total. The molecule has 0 radical (unpaired) electrons. The minimum Gasteiger partial charge on any atom is -0.366 e. The maximum atomic E-state index is 7.46. The molecule has 1 heterocycles. The summed E-state index contributed by atoms with van der Waals surface area (Å²) >= 11 is 0. The van der Waals surface area contributed by atoms with E-state index < -0.39 is 0 Å². The van der Waals surface area contributed by atoms with E-state index in [2.05, 4.69) is 32.9 Å². The van der Waals surface area contributed by atoms with Crippen molar-refractivity contribution in [3.05, 3.63) is 12.2 Å². The van der Waals surface area contributed by atoms with Gasteiger partial charge >= 0.3 is 0 Å². The SMILES string of the molecule is CC(C)(C)C1CC2CCCCC2C2OC3(C=CC21)C1CC2CC(C1)CC3C2. The second kappa shape index (κ2) is 5.87. The molecule has 150 valence electrons. The number of rotatable bonds is 0. The highest BCUT2D eigenvalue weighted by Gasteiger charge is 2.61. The summed E-state index contributed by atoms with van der Waals surface area (Å²) in [5, 5.41) is 0. The molecule has 5 unspecified atom stereocenters. The zero-order valence-electron chi connectivity index (χ0n) is 17.8. The fourth-order valence-electron chi connectivity index (χ4n) is 9.22. The van der Waals surface area contributed by atoms with Crippen LogP contribution in [0, 0.1) is 52.8 Å². The van der Waals surface area contributed by atoms with Crippen molar-refractivity contribution in [2.75, 3.05) is 0 Å². The van der Waals surface area contributed by atoms with Gasteiger partial charge < -0.3 is 4.74 Å². The second-order valence-electron chi connectivity index (χ2n) is 12.6. The first-order valence-electron chi connectivity index (χ1n) is 12.3. The summed E-state index contributed by atoms with van der Waals surface area (Å²) in [7, 11) is 0. The monoisotopic (exact) mass is 368 g/mol. The fraction of sp³-hybridized carbons (Fsp3) is 0.923. The second-order valence-corrected chi connectivity index (χ2v) is 12.6. The van der Waals surface area contributed by atoms with E-state index in [1.807, 2.05) is 0 Å². The van der Waals surface area contributed by atoms with Crippen molar-refractivity contribution in [3.8, 4) is 0 Å². The van der Waals surface area contributed by atoms with E-state index in [-0.39, 0.29) is 5.60 Å². The van der Waals surface area contributed by atoms with Crippen LogP contribution in [0.15, 0.2) is 12.2 Å². The van der Waals surface area contributed by atoms with Gasteiger partial charge in [-0.3, -0.25) is 0 Å². The third kappa shape index (κ3) is 2.52. The van der Waals surface area contributed by atoms with Gasteiger partial charge in [0.25, 0.3) is 0 Å².